The van der Waals surface area contributed by atoms with Gasteiger partial charge in [-0.15, -0.1) is 0 Å². The quantitative estimate of drug-likeness (QED) is 0.739. The standard InChI is InChI=1S/C12H24N2/c1-14(2)12(10-5-3-6-10)11-7-4-8-13-9-11/h10-13H,3-9H2,1-2H3. The van der Waals surface area contributed by atoms with Crippen LogP contribution in [0.3, 0.4) is 0 Å². The van der Waals surface area contributed by atoms with Crippen LogP contribution in [0.2, 0.25) is 0 Å². The largest absolute Gasteiger partial charge is 0.316 e. The maximum atomic E-state index is 3.55. The van der Waals surface area contributed by atoms with Crippen LogP contribution in [-0.2, 0) is 0 Å². The van der Waals surface area contributed by atoms with E-state index in [1.165, 1.54) is 45.2 Å². The summed E-state index contributed by atoms with van der Waals surface area (Å²) in [5.41, 5.74) is 0. The van der Waals surface area contributed by atoms with E-state index in [0.717, 1.165) is 17.9 Å². The Morgan fingerprint density at radius 1 is 1.07 bits per heavy atom. The van der Waals surface area contributed by atoms with E-state index >= 15 is 0 Å². The average molecular weight is 196 g/mol. The van der Waals surface area contributed by atoms with Crippen LogP contribution in [0, 0.1) is 11.8 Å². The van der Waals surface area contributed by atoms with Crippen molar-refractivity contribution < 1.29 is 0 Å². The molecule has 0 aromatic rings. The van der Waals surface area contributed by atoms with Crippen LogP contribution in [0.1, 0.15) is 32.1 Å². The van der Waals surface area contributed by atoms with Crippen molar-refractivity contribution in [3.63, 3.8) is 0 Å². The van der Waals surface area contributed by atoms with Gasteiger partial charge in [-0.2, -0.15) is 0 Å². The fourth-order valence-electron chi connectivity index (χ4n) is 3.18. The lowest BCUT2D eigenvalue weighted by molar-refractivity contribution is 0.0768. The summed E-state index contributed by atoms with van der Waals surface area (Å²) in [6.07, 6.45) is 7.22. The van der Waals surface area contributed by atoms with Crippen LogP contribution in [-0.4, -0.2) is 38.1 Å². The monoisotopic (exact) mass is 196 g/mol. The molecule has 1 saturated heterocycles. The summed E-state index contributed by atoms with van der Waals surface area (Å²) in [7, 11) is 4.52. The molecule has 2 heteroatoms. The van der Waals surface area contributed by atoms with Gasteiger partial charge < -0.3 is 10.2 Å². The van der Waals surface area contributed by atoms with Gasteiger partial charge in [-0.3, -0.25) is 0 Å². The molecule has 2 atom stereocenters. The van der Waals surface area contributed by atoms with Gasteiger partial charge in [0, 0.05) is 6.04 Å². The minimum absolute atomic E-state index is 0.844. The predicted octanol–water partition coefficient (Wildman–Crippen LogP) is 1.72. The van der Waals surface area contributed by atoms with Crippen molar-refractivity contribution in [3.8, 4) is 0 Å². The van der Waals surface area contributed by atoms with Crippen LogP contribution in [0.5, 0.6) is 0 Å². The van der Waals surface area contributed by atoms with Gasteiger partial charge in [-0.25, -0.2) is 0 Å². The topological polar surface area (TPSA) is 15.3 Å². The van der Waals surface area contributed by atoms with Gasteiger partial charge >= 0.3 is 0 Å². The van der Waals surface area contributed by atoms with Gasteiger partial charge in [0.25, 0.3) is 0 Å². The highest BCUT2D eigenvalue weighted by Gasteiger charge is 2.34. The Morgan fingerprint density at radius 2 is 1.79 bits per heavy atom. The zero-order valence-corrected chi connectivity index (χ0v) is 9.63. The zero-order valence-electron chi connectivity index (χ0n) is 9.63. The Balaban J connectivity index is 1.93. The highest BCUT2D eigenvalue weighted by atomic mass is 15.1. The third kappa shape index (κ3) is 2.12. The molecule has 2 rings (SSSR count). The molecule has 0 spiro atoms. The number of nitrogens with one attached hydrogen (secondary N) is 1. The summed E-state index contributed by atoms with van der Waals surface area (Å²) in [6, 6.07) is 0.844. The lowest BCUT2D eigenvalue weighted by atomic mass is 9.72. The predicted molar refractivity (Wildman–Crippen MR) is 60.4 cm³/mol. The lowest BCUT2D eigenvalue weighted by Crippen LogP contribution is -2.49. The van der Waals surface area contributed by atoms with E-state index in [-0.39, 0.29) is 0 Å². The maximum absolute atomic E-state index is 3.55. The number of piperidine rings is 1. The van der Waals surface area contributed by atoms with Crippen LogP contribution < -0.4 is 5.32 Å². The van der Waals surface area contributed by atoms with E-state index in [1.54, 1.807) is 0 Å². The number of hydrogen-bond donors (Lipinski definition) is 1. The third-order valence-electron chi connectivity index (χ3n) is 4.05. The van der Waals surface area contributed by atoms with Gasteiger partial charge in [0.2, 0.25) is 0 Å². The molecule has 0 bridgehead atoms. The summed E-state index contributed by atoms with van der Waals surface area (Å²) in [4.78, 5) is 2.47. The SMILES string of the molecule is CN(C)C(C1CCC1)C1CCCNC1. The second-order valence-corrected chi connectivity index (χ2v) is 5.25. The molecule has 2 nitrogen and oxygen atoms in total. The van der Waals surface area contributed by atoms with Gasteiger partial charge in [0.15, 0.2) is 0 Å². The fraction of sp³-hybridized carbons (Fsp3) is 1.00. The van der Waals surface area contributed by atoms with E-state index in [4.69, 9.17) is 0 Å². The van der Waals surface area contributed by atoms with Crippen molar-refractivity contribution >= 4 is 0 Å². The maximum Gasteiger partial charge on any atom is 0.0158 e. The highest BCUT2D eigenvalue weighted by molar-refractivity contribution is 4.89. The van der Waals surface area contributed by atoms with Crippen LogP contribution >= 0.6 is 0 Å². The smallest absolute Gasteiger partial charge is 0.0158 e. The first-order valence-corrected chi connectivity index (χ1v) is 6.16. The normalized spacial score (nSPS) is 31.5. The number of nitrogens with zero attached hydrogens (tertiary/aromatic N) is 1. The molecule has 0 aromatic heterocycles. The molecular weight excluding hydrogens is 172 g/mol. The number of hydrogen-bond acceptors (Lipinski definition) is 2. The minimum atomic E-state index is 0.844. The molecule has 82 valence electrons. The molecular formula is C12H24N2. The third-order valence-corrected chi connectivity index (χ3v) is 4.05. The molecule has 1 saturated carbocycles. The first-order valence-electron chi connectivity index (χ1n) is 6.16. The van der Waals surface area contributed by atoms with Crippen molar-refractivity contribution in [1.82, 2.24) is 10.2 Å². The lowest BCUT2D eigenvalue weighted by Gasteiger charge is -2.44. The molecule has 14 heavy (non-hydrogen) atoms. The summed E-state index contributed by atoms with van der Waals surface area (Å²) in [6.45, 7) is 2.49. The summed E-state index contributed by atoms with van der Waals surface area (Å²) < 4.78 is 0. The molecule has 2 fully saturated rings. The Hall–Kier alpha value is -0.0800. The molecule has 2 unspecified atom stereocenters. The molecule has 0 amide bonds. The summed E-state index contributed by atoms with van der Waals surface area (Å²) in [5, 5.41) is 3.55. The molecule has 1 heterocycles. The molecule has 0 radical (unpaired) electrons. The van der Waals surface area contributed by atoms with Crippen molar-refractivity contribution in [2.45, 2.75) is 38.1 Å². The Morgan fingerprint density at radius 3 is 2.21 bits per heavy atom. The molecule has 1 aliphatic carbocycles. The Labute approximate surface area is 88.1 Å². The Bertz CT molecular complexity index is 169. The molecule has 1 N–H and O–H groups in total. The molecule has 0 aromatic carbocycles. The first kappa shape index (κ1) is 10.4. The van der Waals surface area contributed by atoms with Gasteiger partial charge in [-0.1, -0.05) is 6.42 Å². The molecule has 1 aliphatic heterocycles. The first-order chi connectivity index (χ1) is 6.79. The van der Waals surface area contributed by atoms with E-state index < -0.39 is 0 Å². The molecule has 2 aliphatic rings. The van der Waals surface area contributed by atoms with Crippen molar-refractivity contribution in [2.75, 3.05) is 27.2 Å². The average Bonchev–Trinajstić information content (AvgIpc) is 2.12. The second-order valence-electron chi connectivity index (χ2n) is 5.25. The van der Waals surface area contributed by atoms with Gasteiger partial charge in [0.05, 0.1) is 0 Å². The van der Waals surface area contributed by atoms with Crippen LogP contribution in [0.25, 0.3) is 0 Å². The van der Waals surface area contributed by atoms with E-state index in [0.29, 0.717) is 0 Å². The summed E-state index contributed by atoms with van der Waals surface area (Å²) >= 11 is 0. The minimum Gasteiger partial charge on any atom is -0.316 e. The highest BCUT2D eigenvalue weighted by Crippen LogP contribution is 2.36. The van der Waals surface area contributed by atoms with Crippen molar-refractivity contribution in [2.24, 2.45) is 11.8 Å². The van der Waals surface area contributed by atoms with Crippen LogP contribution in [0.15, 0.2) is 0 Å². The summed E-state index contributed by atoms with van der Waals surface area (Å²) in [5.74, 6) is 1.90. The van der Waals surface area contributed by atoms with Crippen molar-refractivity contribution in [1.29, 1.82) is 0 Å². The fourth-order valence-corrected chi connectivity index (χ4v) is 3.18. The van der Waals surface area contributed by atoms with Gasteiger partial charge in [-0.05, 0) is 64.7 Å². The van der Waals surface area contributed by atoms with E-state index in [2.05, 4.69) is 24.3 Å². The second kappa shape index (κ2) is 4.63. The number of rotatable bonds is 3. The van der Waals surface area contributed by atoms with Crippen molar-refractivity contribution in [3.05, 3.63) is 0 Å². The van der Waals surface area contributed by atoms with Gasteiger partial charge in [0.1, 0.15) is 0 Å². The zero-order chi connectivity index (χ0) is 9.97. The Kier molecular flexibility index (Phi) is 3.45. The van der Waals surface area contributed by atoms with E-state index in [1.807, 2.05) is 0 Å². The van der Waals surface area contributed by atoms with Crippen LogP contribution in [0.4, 0.5) is 0 Å². The van der Waals surface area contributed by atoms with E-state index in [9.17, 15) is 0 Å².